The Hall–Kier alpha value is -3.12. The van der Waals surface area contributed by atoms with E-state index in [4.69, 9.17) is 4.74 Å². The molecule has 1 heterocycles. The SMILES string of the molecule is COC(=O)c1cc2c(n1S(=O)(=O)c1ccc(C)cc1)CC/C2=C\c1cccc(C2CC2)c1. The van der Waals surface area contributed by atoms with E-state index in [1.165, 1.54) is 29.5 Å². The molecule has 0 atom stereocenters. The van der Waals surface area contributed by atoms with Gasteiger partial charge in [-0.15, -0.1) is 0 Å². The van der Waals surface area contributed by atoms with Crippen LogP contribution in [0.25, 0.3) is 11.6 Å². The lowest BCUT2D eigenvalue weighted by Crippen LogP contribution is -2.21. The third-order valence-corrected chi connectivity index (χ3v) is 8.05. The van der Waals surface area contributed by atoms with Gasteiger partial charge < -0.3 is 4.74 Å². The molecule has 0 spiro atoms. The van der Waals surface area contributed by atoms with Crippen molar-refractivity contribution < 1.29 is 17.9 Å². The summed E-state index contributed by atoms with van der Waals surface area (Å²) in [6.07, 6.45) is 5.87. The summed E-state index contributed by atoms with van der Waals surface area (Å²) in [5.41, 5.74) is 5.94. The molecular weight excluding hydrogens is 422 g/mol. The highest BCUT2D eigenvalue weighted by Crippen LogP contribution is 2.41. The fourth-order valence-electron chi connectivity index (χ4n) is 4.44. The highest BCUT2D eigenvalue weighted by Gasteiger charge is 2.33. The highest BCUT2D eigenvalue weighted by atomic mass is 32.2. The van der Waals surface area contributed by atoms with Crippen LogP contribution in [0.2, 0.25) is 0 Å². The predicted octanol–water partition coefficient (Wildman–Crippen LogP) is 5.18. The summed E-state index contributed by atoms with van der Waals surface area (Å²) >= 11 is 0. The molecule has 3 aromatic rings. The van der Waals surface area contributed by atoms with Gasteiger partial charge in [-0.2, -0.15) is 0 Å². The maximum absolute atomic E-state index is 13.5. The van der Waals surface area contributed by atoms with Crippen LogP contribution in [0.15, 0.2) is 59.5 Å². The first-order chi connectivity index (χ1) is 15.4. The average molecular weight is 448 g/mol. The summed E-state index contributed by atoms with van der Waals surface area (Å²) in [6, 6.07) is 16.8. The lowest BCUT2D eigenvalue weighted by molar-refractivity contribution is 0.0592. The molecule has 1 saturated carbocycles. The topological polar surface area (TPSA) is 65.4 Å². The molecule has 1 fully saturated rings. The molecule has 5 rings (SSSR count). The quantitative estimate of drug-likeness (QED) is 0.505. The van der Waals surface area contributed by atoms with Gasteiger partial charge in [-0.3, -0.25) is 0 Å². The number of methoxy groups -OCH3 is 1. The van der Waals surface area contributed by atoms with Crippen molar-refractivity contribution in [3.8, 4) is 0 Å². The lowest BCUT2D eigenvalue weighted by atomic mass is 10.0. The lowest BCUT2D eigenvalue weighted by Gasteiger charge is -2.12. The standard InChI is InChI=1S/C26H25NO4S/c1-17-6-11-22(12-7-17)32(29,30)27-24-13-10-21(23(24)16-25(27)26(28)31-2)15-18-4-3-5-20(14-18)19-8-9-19/h3-7,11-12,14-16,19H,8-10,13H2,1-2H3/b21-15+. The molecule has 0 bridgehead atoms. The van der Waals surface area contributed by atoms with Gasteiger partial charge in [-0.05, 0) is 73.4 Å². The van der Waals surface area contributed by atoms with Crippen molar-refractivity contribution in [3.05, 3.63) is 88.2 Å². The molecule has 0 radical (unpaired) electrons. The Labute approximate surface area is 188 Å². The zero-order chi connectivity index (χ0) is 22.5. The van der Waals surface area contributed by atoms with Crippen molar-refractivity contribution in [1.29, 1.82) is 0 Å². The van der Waals surface area contributed by atoms with Gasteiger partial charge in [0.15, 0.2) is 0 Å². The Kier molecular flexibility index (Phi) is 5.05. The summed E-state index contributed by atoms with van der Waals surface area (Å²) in [4.78, 5) is 12.7. The Morgan fingerprint density at radius 1 is 1.06 bits per heavy atom. The number of benzene rings is 2. The number of aryl methyl sites for hydroxylation is 1. The summed E-state index contributed by atoms with van der Waals surface area (Å²) in [5.74, 6) is 0.00400. The highest BCUT2D eigenvalue weighted by molar-refractivity contribution is 7.90. The van der Waals surface area contributed by atoms with Crippen LogP contribution in [0.3, 0.4) is 0 Å². The molecule has 0 N–H and O–H groups in total. The molecule has 2 aliphatic rings. The minimum atomic E-state index is -3.94. The van der Waals surface area contributed by atoms with E-state index >= 15 is 0 Å². The Morgan fingerprint density at radius 3 is 2.50 bits per heavy atom. The van der Waals surface area contributed by atoms with Gasteiger partial charge in [0.25, 0.3) is 10.0 Å². The zero-order valence-electron chi connectivity index (χ0n) is 18.2. The van der Waals surface area contributed by atoms with E-state index in [9.17, 15) is 13.2 Å². The second-order valence-electron chi connectivity index (χ2n) is 8.58. The van der Waals surface area contributed by atoms with Crippen LogP contribution in [0, 0.1) is 6.92 Å². The zero-order valence-corrected chi connectivity index (χ0v) is 19.0. The number of fused-ring (bicyclic) bond motifs is 1. The van der Waals surface area contributed by atoms with Crippen LogP contribution in [0.5, 0.6) is 0 Å². The Balaban J connectivity index is 1.62. The Morgan fingerprint density at radius 2 is 1.81 bits per heavy atom. The van der Waals surface area contributed by atoms with Gasteiger partial charge in [0.1, 0.15) is 5.69 Å². The largest absolute Gasteiger partial charge is 0.464 e. The summed E-state index contributed by atoms with van der Waals surface area (Å²) < 4.78 is 33.2. The minimum Gasteiger partial charge on any atom is -0.464 e. The number of esters is 1. The fraction of sp³-hybridized carbons (Fsp3) is 0.269. The van der Waals surface area contributed by atoms with E-state index in [1.807, 2.05) is 6.92 Å². The van der Waals surface area contributed by atoms with Gasteiger partial charge in [0.05, 0.1) is 12.0 Å². The van der Waals surface area contributed by atoms with Crippen molar-refractivity contribution in [2.24, 2.45) is 0 Å². The molecule has 0 saturated heterocycles. The summed E-state index contributed by atoms with van der Waals surface area (Å²) in [5, 5.41) is 0. The van der Waals surface area contributed by atoms with Gasteiger partial charge in [-0.25, -0.2) is 17.2 Å². The Bertz CT molecular complexity index is 1340. The van der Waals surface area contributed by atoms with E-state index in [2.05, 4.69) is 30.3 Å². The van der Waals surface area contributed by atoms with E-state index in [0.29, 0.717) is 18.0 Å². The van der Waals surface area contributed by atoms with Gasteiger partial charge in [0.2, 0.25) is 0 Å². The van der Waals surface area contributed by atoms with E-state index < -0.39 is 16.0 Å². The van der Waals surface area contributed by atoms with Gasteiger partial charge in [-0.1, -0.05) is 48.0 Å². The number of hydrogen-bond acceptors (Lipinski definition) is 4. The number of hydrogen-bond donors (Lipinski definition) is 0. The molecular formula is C26H25NO4S. The van der Waals surface area contributed by atoms with Crippen LogP contribution in [-0.4, -0.2) is 25.5 Å². The summed E-state index contributed by atoms with van der Waals surface area (Å²) in [7, 11) is -2.67. The third-order valence-electron chi connectivity index (χ3n) is 6.29. The molecule has 0 amide bonds. The molecule has 5 nitrogen and oxygen atoms in total. The number of allylic oxidation sites excluding steroid dienone is 1. The number of aromatic nitrogens is 1. The summed E-state index contributed by atoms with van der Waals surface area (Å²) in [6.45, 7) is 1.90. The third kappa shape index (κ3) is 3.58. The molecule has 164 valence electrons. The van der Waals surface area contributed by atoms with Crippen molar-refractivity contribution in [2.75, 3.05) is 7.11 Å². The number of carbonyl (C=O) groups is 1. The first kappa shape index (κ1) is 20.8. The minimum absolute atomic E-state index is 0.0374. The second kappa shape index (κ2) is 7.78. The van der Waals surface area contributed by atoms with Crippen LogP contribution >= 0.6 is 0 Å². The van der Waals surface area contributed by atoms with Crippen LogP contribution in [-0.2, 0) is 21.2 Å². The fourth-order valence-corrected chi connectivity index (χ4v) is 6.00. The number of ether oxygens (including phenoxy) is 1. The van der Waals surface area contributed by atoms with Gasteiger partial charge in [0, 0.05) is 11.3 Å². The molecule has 2 aliphatic carbocycles. The molecule has 1 aromatic heterocycles. The maximum Gasteiger partial charge on any atom is 0.355 e. The van der Waals surface area contributed by atoms with E-state index in [-0.39, 0.29) is 10.6 Å². The first-order valence-electron chi connectivity index (χ1n) is 10.8. The average Bonchev–Trinajstić information content (AvgIpc) is 3.47. The monoisotopic (exact) mass is 447 g/mol. The first-order valence-corrected chi connectivity index (χ1v) is 12.3. The number of nitrogens with zero attached hydrogens (tertiary/aromatic N) is 1. The van der Waals surface area contributed by atoms with Gasteiger partial charge >= 0.3 is 5.97 Å². The molecule has 0 aliphatic heterocycles. The molecule has 0 unspecified atom stereocenters. The van der Waals surface area contributed by atoms with Crippen LogP contribution < -0.4 is 0 Å². The number of rotatable bonds is 5. The van der Waals surface area contributed by atoms with Crippen molar-refractivity contribution in [2.45, 2.75) is 43.4 Å². The van der Waals surface area contributed by atoms with Crippen molar-refractivity contribution in [1.82, 2.24) is 3.97 Å². The van der Waals surface area contributed by atoms with E-state index in [0.717, 1.165) is 28.7 Å². The normalized spacial score (nSPS) is 16.9. The number of carbonyl (C=O) groups excluding carboxylic acids is 1. The molecule has 2 aromatic carbocycles. The molecule has 6 heteroatoms. The maximum atomic E-state index is 13.5. The smallest absolute Gasteiger partial charge is 0.355 e. The van der Waals surface area contributed by atoms with E-state index in [1.54, 1.807) is 30.3 Å². The van der Waals surface area contributed by atoms with Crippen molar-refractivity contribution >= 4 is 27.6 Å². The van der Waals surface area contributed by atoms with Crippen LogP contribution in [0.4, 0.5) is 0 Å². The molecule has 32 heavy (non-hydrogen) atoms. The van der Waals surface area contributed by atoms with Crippen LogP contribution in [0.1, 0.15) is 63.6 Å². The van der Waals surface area contributed by atoms with Crippen molar-refractivity contribution in [3.63, 3.8) is 0 Å². The predicted molar refractivity (Wildman–Crippen MR) is 124 cm³/mol. The second-order valence-corrected chi connectivity index (χ2v) is 10.4.